The Labute approximate surface area is 181 Å². The zero-order chi connectivity index (χ0) is 19.3. The van der Waals surface area contributed by atoms with Gasteiger partial charge in [0.2, 0.25) is 5.91 Å². The Morgan fingerprint density at radius 3 is 2.54 bits per heavy atom. The Bertz CT molecular complexity index is 903. The molecule has 0 aliphatic carbocycles. The van der Waals surface area contributed by atoms with E-state index in [1.807, 2.05) is 24.3 Å². The topological polar surface area (TPSA) is 48.5 Å². The van der Waals surface area contributed by atoms with E-state index in [4.69, 9.17) is 4.98 Å². The van der Waals surface area contributed by atoms with Crippen LogP contribution in [0.3, 0.4) is 0 Å². The summed E-state index contributed by atoms with van der Waals surface area (Å²) in [5.41, 5.74) is 1.91. The second-order valence-corrected chi connectivity index (χ2v) is 9.52. The number of carbonyl (C=O) groups excluding carboxylic acids is 1. The number of carbonyl (C=O) groups is 1. The molecule has 1 aromatic carbocycles. The summed E-state index contributed by atoms with van der Waals surface area (Å²) in [6.45, 7) is 5.03. The molecule has 28 heavy (non-hydrogen) atoms. The van der Waals surface area contributed by atoms with Crippen LogP contribution in [-0.2, 0) is 11.3 Å². The second-order valence-electron chi connectivity index (χ2n) is 6.71. The first-order valence-corrected chi connectivity index (χ1v) is 11.7. The molecule has 3 aromatic rings. The predicted molar refractivity (Wildman–Crippen MR) is 120 cm³/mol. The molecular weight excluding hydrogens is 456 g/mol. The zero-order valence-corrected chi connectivity index (χ0v) is 18.5. The van der Waals surface area contributed by atoms with Crippen LogP contribution in [0.15, 0.2) is 51.6 Å². The molecule has 2 aromatic heterocycles. The molecule has 3 heterocycles. The first-order chi connectivity index (χ1) is 13.7. The highest BCUT2D eigenvalue weighted by atomic mass is 79.9. The number of thiophene rings is 1. The quantitative estimate of drug-likeness (QED) is 0.572. The number of benzene rings is 1. The van der Waals surface area contributed by atoms with E-state index in [0.717, 1.165) is 53.6 Å². The number of halogens is 1. The average Bonchev–Trinajstić information content (AvgIpc) is 3.37. The van der Waals surface area contributed by atoms with E-state index in [-0.39, 0.29) is 5.91 Å². The normalized spacial score (nSPS) is 15.6. The Hall–Kier alpha value is -1.58. The molecule has 1 N–H and O–H groups in total. The molecule has 0 saturated carbocycles. The summed E-state index contributed by atoms with van der Waals surface area (Å²) in [4.78, 5) is 22.9. The minimum Gasteiger partial charge on any atom is -0.325 e. The van der Waals surface area contributed by atoms with Crippen molar-refractivity contribution in [1.29, 1.82) is 0 Å². The number of piperazine rings is 1. The smallest absolute Gasteiger partial charge is 0.238 e. The van der Waals surface area contributed by atoms with Gasteiger partial charge in [0.25, 0.3) is 0 Å². The van der Waals surface area contributed by atoms with Gasteiger partial charge in [-0.2, -0.15) is 0 Å². The van der Waals surface area contributed by atoms with Crippen molar-refractivity contribution in [3.05, 3.63) is 56.6 Å². The number of hydrogen-bond acceptors (Lipinski definition) is 6. The molecule has 0 unspecified atom stereocenters. The summed E-state index contributed by atoms with van der Waals surface area (Å²) in [6, 6.07) is 11.8. The van der Waals surface area contributed by atoms with Crippen LogP contribution >= 0.6 is 38.6 Å². The van der Waals surface area contributed by atoms with Crippen LogP contribution in [0.25, 0.3) is 10.6 Å². The fourth-order valence-corrected chi connectivity index (χ4v) is 5.02. The van der Waals surface area contributed by atoms with E-state index in [1.165, 1.54) is 4.88 Å². The number of nitrogens with zero attached hydrogens (tertiary/aromatic N) is 3. The van der Waals surface area contributed by atoms with Gasteiger partial charge in [0, 0.05) is 41.7 Å². The second kappa shape index (κ2) is 9.28. The summed E-state index contributed by atoms with van der Waals surface area (Å²) in [7, 11) is 0. The van der Waals surface area contributed by atoms with Crippen LogP contribution in [0.1, 0.15) is 5.01 Å². The van der Waals surface area contributed by atoms with Gasteiger partial charge in [-0.15, -0.1) is 22.7 Å². The zero-order valence-electron chi connectivity index (χ0n) is 15.3. The lowest BCUT2D eigenvalue weighted by Gasteiger charge is -2.33. The monoisotopic (exact) mass is 476 g/mol. The predicted octanol–water partition coefficient (Wildman–Crippen LogP) is 4.39. The highest BCUT2D eigenvalue weighted by Crippen LogP contribution is 2.26. The van der Waals surface area contributed by atoms with Crippen molar-refractivity contribution in [2.75, 3.05) is 38.0 Å². The molecule has 0 atom stereocenters. The summed E-state index contributed by atoms with van der Waals surface area (Å²) in [6.07, 6.45) is 0. The average molecular weight is 477 g/mol. The van der Waals surface area contributed by atoms with Crippen molar-refractivity contribution in [1.82, 2.24) is 14.8 Å². The molecule has 146 valence electrons. The Morgan fingerprint density at radius 2 is 1.82 bits per heavy atom. The van der Waals surface area contributed by atoms with Crippen molar-refractivity contribution in [3.8, 4) is 10.6 Å². The maximum Gasteiger partial charge on any atom is 0.238 e. The van der Waals surface area contributed by atoms with Gasteiger partial charge in [0.05, 0.1) is 23.7 Å². The lowest BCUT2D eigenvalue weighted by Crippen LogP contribution is -2.48. The largest absolute Gasteiger partial charge is 0.325 e. The minimum atomic E-state index is 0.0382. The van der Waals surface area contributed by atoms with Crippen molar-refractivity contribution in [3.63, 3.8) is 0 Å². The minimum absolute atomic E-state index is 0.0382. The molecule has 0 radical (unpaired) electrons. The van der Waals surface area contributed by atoms with Gasteiger partial charge in [-0.3, -0.25) is 14.6 Å². The first kappa shape index (κ1) is 19.7. The molecule has 1 fully saturated rings. The molecule has 1 aliphatic rings. The van der Waals surface area contributed by atoms with Crippen LogP contribution < -0.4 is 5.32 Å². The molecule has 0 spiro atoms. The number of nitrogens with one attached hydrogen (secondary N) is 1. The van der Waals surface area contributed by atoms with Gasteiger partial charge in [0.15, 0.2) is 0 Å². The highest BCUT2D eigenvalue weighted by molar-refractivity contribution is 9.10. The van der Waals surface area contributed by atoms with Gasteiger partial charge >= 0.3 is 0 Å². The van der Waals surface area contributed by atoms with Crippen molar-refractivity contribution < 1.29 is 4.79 Å². The van der Waals surface area contributed by atoms with Crippen molar-refractivity contribution in [2.45, 2.75) is 6.54 Å². The Balaban J connectivity index is 1.22. The molecule has 1 saturated heterocycles. The standard InChI is InChI=1S/C20H21BrN4OS2/c21-15-3-5-16(6-4-15)22-19(26)12-24-7-9-25(10-8-24)13-20-23-17(14-28-20)18-2-1-11-27-18/h1-6,11,14H,7-10,12-13H2,(H,22,26). The van der Waals surface area contributed by atoms with E-state index in [9.17, 15) is 4.79 Å². The maximum absolute atomic E-state index is 12.3. The van der Waals surface area contributed by atoms with Crippen LogP contribution in [0.5, 0.6) is 0 Å². The van der Waals surface area contributed by atoms with Crippen LogP contribution in [0.4, 0.5) is 5.69 Å². The summed E-state index contributed by atoms with van der Waals surface area (Å²) >= 11 is 6.86. The fourth-order valence-electron chi connectivity index (χ4n) is 3.15. The van der Waals surface area contributed by atoms with Gasteiger partial charge in [-0.25, -0.2) is 4.98 Å². The Morgan fingerprint density at radius 1 is 1.07 bits per heavy atom. The fraction of sp³-hybridized carbons (Fsp3) is 0.300. The van der Waals surface area contributed by atoms with E-state index >= 15 is 0 Å². The first-order valence-electron chi connectivity index (χ1n) is 9.14. The van der Waals surface area contributed by atoms with Crippen LogP contribution in [-0.4, -0.2) is 53.4 Å². The molecule has 4 rings (SSSR count). The summed E-state index contributed by atoms with van der Waals surface area (Å²) < 4.78 is 1.00. The maximum atomic E-state index is 12.3. The third kappa shape index (κ3) is 5.27. The van der Waals surface area contributed by atoms with Gasteiger partial charge in [0.1, 0.15) is 5.01 Å². The SMILES string of the molecule is O=C(CN1CCN(Cc2nc(-c3cccs3)cs2)CC1)Nc1ccc(Br)cc1. The summed E-state index contributed by atoms with van der Waals surface area (Å²) in [5.74, 6) is 0.0382. The summed E-state index contributed by atoms with van der Waals surface area (Å²) in [5, 5.41) is 8.34. The van der Waals surface area contributed by atoms with Crippen LogP contribution in [0.2, 0.25) is 0 Å². The van der Waals surface area contributed by atoms with Gasteiger partial charge in [-0.1, -0.05) is 22.0 Å². The van der Waals surface area contributed by atoms with Crippen LogP contribution in [0, 0.1) is 0 Å². The Kier molecular flexibility index (Phi) is 6.54. The van der Waals surface area contributed by atoms with E-state index in [0.29, 0.717) is 6.54 Å². The van der Waals surface area contributed by atoms with Gasteiger partial charge in [-0.05, 0) is 35.7 Å². The number of anilines is 1. The number of rotatable bonds is 6. The van der Waals surface area contributed by atoms with Crippen molar-refractivity contribution >= 4 is 50.2 Å². The number of thiazole rings is 1. The molecule has 1 aliphatic heterocycles. The van der Waals surface area contributed by atoms with Gasteiger partial charge < -0.3 is 5.32 Å². The van der Waals surface area contributed by atoms with Crippen molar-refractivity contribution in [2.24, 2.45) is 0 Å². The van der Waals surface area contributed by atoms with E-state index in [1.54, 1.807) is 22.7 Å². The van der Waals surface area contributed by atoms with E-state index in [2.05, 4.69) is 53.9 Å². The lowest BCUT2D eigenvalue weighted by molar-refractivity contribution is -0.117. The lowest BCUT2D eigenvalue weighted by atomic mass is 10.3. The molecular formula is C20H21BrN4OS2. The third-order valence-electron chi connectivity index (χ3n) is 4.64. The van der Waals surface area contributed by atoms with E-state index < -0.39 is 0 Å². The molecule has 0 bridgehead atoms. The number of aromatic nitrogens is 1. The molecule has 1 amide bonds. The number of hydrogen-bond donors (Lipinski definition) is 1. The molecule has 8 heteroatoms. The number of amides is 1. The third-order valence-corrected chi connectivity index (χ3v) is 6.90. The highest BCUT2D eigenvalue weighted by Gasteiger charge is 2.20. The molecule has 5 nitrogen and oxygen atoms in total.